The number of rotatable bonds is 5. The third-order valence-electron chi connectivity index (χ3n) is 4.08. The van der Waals surface area contributed by atoms with Gasteiger partial charge >= 0.3 is 0 Å². The fourth-order valence-electron chi connectivity index (χ4n) is 2.75. The Morgan fingerprint density at radius 1 is 1.29 bits per heavy atom. The molecule has 0 spiro atoms. The van der Waals surface area contributed by atoms with Crippen molar-refractivity contribution in [2.45, 2.75) is 49.1 Å². The summed E-state index contributed by atoms with van der Waals surface area (Å²) in [5.41, 5.74) is 0. The minimum Gasteiger partial charge on any atom is -0.312 e. The lowest BCUT2D eigenvalue weighted by molar-refractivity contribution is 0.245. The molecular weight excluding hydrogens is 293 g/mol. The molecule has 1 atom stereocenters. The lowest BCUT2D eigenvalue weighted by Gasteiger charge is -2.34. The molecule has 1 saturated carbocycles. The highest BCUT2D eigenvalue weighted by Crippen LogP contribution is 2.26. The number of piperidine rings is 1. The van der Waals surface area contributed by atoms with Crippen LogP contribution in [-0.4, -0.2) is 42.9 Å². The van der Waals surface area contributed by atoms with Crippen molar-refractivity contribution in [3.63, 3.8) is 0 Å². The van der Waals surface area contributed by atoms with Crippen molar-refractivity contribution in [1.82, 2.24) is 14.6 Å². The predicted molar refractivity (Wildman–Crippen MR) is 76.8 cm³/mol. The highest BCUT2D eigenvalue weighted by molar-refractivity contribution is 7.89. The number of sulfonamides is 1. The summed E-state index contributed by atoms with van der Waals surface area (Å²) >= 11 is 0. The van der Waals surface area contributed by atoms with Gasteiger partial charge in [-0.3, -0.25) is 4.98 Å². The maximum atomic E-state index is 13.3. The zero-order valence-electron chi connectivity index (χ0n) is 11.8. The van der Waals surface area contributed by atoms with Crippen molar-refractivity contribution in [2.75, 3.05) is 13.1 Å². The fourth-order valence-corrected chi connectivity index (χ4v) is 4.42. The van der Waals surface area contributed by atoms with Gasteiger partial charge in [0.2, 0.25) is 10.0 Å². The molecule has 1 aromatic rings. The highest BCUT2D eigenvalue weighted by atomic mass is 32.2. The monoisotopic (exact) mass is 313 g/mol. The van der Waals surface area contributed by atoms with Gasteiger partial charge in [-0.15, -0.1) is 0 Å². The number of pyridine rings is 1. The van der Waals surface area contributed by atoms with E-state index in [1.54, 1.807) is 0 Å². The van der Waals surface area contributed by atoms with Gasteiger partial charge in [0.25, 0.3) is 0 Å². The van der Waals surface area contributed by atoms with Crippen LogP contribution in [0.1, 0.15) is 32.1 Å². The van der Waals surface area contributed by atoms with E-state index < -0.39 is 15.8 Å². The molecule has 1 aliphatic heterocycles. The molecule has 7 heteroatoms. The van der Waals surface area contributed by atoms with E-state index in [0.717, 1.165) is 31.5 Å². The molecule has 0 bridgehead atoms. The summed E-state index contributed by atoms with van der Waals surface area (Å²) in [6.45, 7) is 1.17. The quantitative estimate of drug-likeness (QED) is 0.895. The summed E-state index contributed by atoms with van der Waals surface area (Å²) in [5, 5.41) is 3.40. The molecule has 0 aromatic carbocycles. The van der Waals surface area contributed by atoms with Gasteiger partial charge < -0.3 is 5.32 Å². The summed E-state index contributed by atoms with van der Waals surface area (Å²) in [6, 6.07) is 1.54. The van der Waals surface area contributed by atoms with E-state index in [4.69, 9.17) is 0 Å². The number of hydrogen-bond donors (Lipinski definition) is 1. The molecule has 2 aliphatic rings. The smallest absolute Gasteiger partial charge is 0.245 e. The van der Waals surface area contributed by atoms with Crippen LogP contribution >= 0.6 is 0 Å². The van der Waals surface area contributed by atoms with Crippen molar-refractivity contribution in [1.29, 1.82) is 0 Å². The van der Waals surface area contributed by atoms with E-state index in [9.17, 15) is 12.8 Å². The van der Waals surface area contributed by atoms with Crippen LogP contribution in [0.15, 0.2) is 23.4 Å². The van der Waals surface area contributed by atoms with E-state index >= 15 is 0 Å². The van der Waals surface area contributed by atoms with Gasteiger partial charge in [-0.25, -0.2) is 12.8 Å². The lowest BCUT2D eigenvalue weighted by Crippen LogP contribution is -2.48. The zero-order chi connectivity index (χ0) is 14.9. The number of aromatic nitrogens is 1. The van der Waals surface area contributed by atoms with E-state index in [1.807, 2.05) is 0 Å². The van der Waals surface area contributed by atoms with Crippen LogP contribution in [0.25, 0.3) is 0 Å². The second-order valence-corrected chi connectivity index (χ2v) is 7.68. The Hall–Kier alpha value is -1.05. The number of hydrogen-bond acceptors (Lipinski definition) is 4. The Balaban J connectivity index is 1.80. The van der Waals surface area contributed by atoms with Crippen molar-refractivity contribution in [2.24, 2.45) is 0 Å². The third-order valence-corrected chi connectivity index (χ3v) is 6.00. The Morgan fingerprint density at radius 3 is 2.81 bits per heavy atom. The normalized spacial score (nSPS) is 24.1. The molecule has 2 fully saturated rings. The van der Waals surface area contributed by atoms with Gasteiger partial charge in [-0.05, 0) is 31.7 Å². The molecule has 116 valence electrons. The van der Waals surface area contributed by atoms with Gasteiger partial charge in [0, 0.05) is 31.4 Å². The van der Waals surface area contributed by atoms with Gasteiger partial charge in [-0.1, -0.05) is 6.42 Å². The van der Waals surface area contributed by atoms with Gasteiger partial charge in [0.1, 0.15) is 10.7 Å². The summed E-state index contributed by atoms with van der Waals surface area (Å²) in [7, 11) is -3.67. The molecule has 1 saturated heterocycles. The Morgan fingerprint density at radius 2 is 2.10 bits per heavy atom. The largest absolute Gasteiger partial charge is 0.312 e. The molecule has 5 nitrogen and oxygen atoms in total. The Bertz CT molecular complexity index is 604. The van der Waals surface area contributed by atoms with Gasteiger partial charge in [0.05, 0.1) is 6.20 Å². The molecule has 0 amide bonds. The Labute approximate surface area is 124 Å². The molecule has 3 rings (SSSR count). The molecule has 1 aliphatic carbocycles. The second-order valence-electron chi connectivity index (χ2n) is 5.79. The average molecular weight is 313 g/mol. The van der Waals surface area contributed by atoms with E-state index in [2.05, 4.69) is 10.3 Å². The van der Waals surface area contributed by atoms with E-state index in [-0.39, 0.29) is 10.9 Å². The van der Waals surface area contributed by atoms with Crippen LogP contribution in [-0.2, 0) is 10.0 Å². The first-order chi connectivity index (χ1) is 10.1. The van der Waals surface area contributed by atoms with Crippen LogP contribution in [0, 0.1) is 5.82 Å². The molecular formula is C14H20FN3O2S. The minimum absolute atomic E-state index is 0.0485. The minimum atomic E-state index is -3.67. The average Bonchev–Trinajstić information content (AvgIpc) is 3.29. The SMILES string of the molecule is O=S(=O)(c1cncc(F)c1)N1CCCCC1CNC1CC1. The number of halogens is 1. The first kappa shape index (κ1) is 14.9. The standard InChI is InChI=1S/C14H20FN3O2S/c15-11-7-14(10-16-8-11)21(19,20)18-6-2-1-3-13(18)9-17-12-4-5-12/h7-8,10,12-13,17H,1-6,9H2. The molecule has 1 unspecified atom stereocenters. The first-order valence-electron chi connectivity index (χ1n) is 7.43. The van der Waals surface area contributed by atoms with Crippen molar-refractivity contribution in [3.8, 4) is 0 Å². The number of nitrogens with zero attached hydrogens (tertiary/aromatic N) is 2. The highest BCUT2D eigenvalue weighted by Gasteiger charge is 2.34. The molecule has 1 aromatic heterocycles. The van der Waals surface area contributed by atoms with Crippen molar-refractivity contribution >= 4 is 10.0 Å². The molecule has 1 N–H and O–H groups in total. The summed E-state index contributed by atoms with van der Waals surface area (Å²) in [5.74, 6) is -0.624. The number of nitrogens with one attached hydrogen (secondary N) is 1. The summed E-state index contributed by atoms with van der Waals surface area (Å²) in [4.78, 5) is 3.60. The molecule has 2 heterocycles. The van der Waals surface area contributed by atoms with Crippen molar-refractivity contribution < 1.29 is 12.8 Å². The topological polar surface area (TPSA) is 62.3 Å². The third kappa shape index (κ3) is 3.41. The van der Waals surface area contributed by atoms with E-state index in [0.29, 0.717) is 19.1 Å². The van der Waals surface area contributed by atoms with Crippen LogP contribution in [0.3, 0.4) is 0 Å². The summed E-state index contributed by atoms with van der Waals surface area (Å²) in [6.07, 6.45) is 7.31. The van der Waals surface area contributed by atoms with Crippen LogP contribution in [0.4, 0.5) is 4.39 Å². The Kier molecular flexibility index (Phi) is 4.24. The van der Waals surface area contributed by atoms with Crippen LogP contribution < -0.4 is 5.32 Å². The maximum Gasteiger partial charge on any atom is 0.245 e. The van der Waals surface area contributed by atoms with Gasteiger partial charge in [0.15, 0.2) is 0 Å². The fraction of sp³-hybridized carbons (Fsp3) is 0.643. The maximum absolute atomic E-state index is 13.3. The first-order valence-corrected chi connectivity index (χ1v) is 8.87. The predicted octanol–water partition coefficient (Wildman–Crippen LogP) is 1.52. The second kappa shape index (κ2) is 5.98. The summed E-state index contributed by atoms with van der Waals surface area (Å²) < 4.78 is 40.2. The van der Waals surface area contributed by atoms with Crippen molar-refractivity contribution in [3.05, 3.63) is 24.3 Å². The van der Waals surface area contributed by atoms with E-state index in [1.165, 1.54) is 23.3 Å². The van der Waals surface area contributed by atoms with Crippen LogP contribution in [0.5, 0.6) is 0 Å². The molecule has 21 heavy (non-hydrogen) atoms. The zero-order valence-corrected chi connectivity index (χ0v) is 12.7. The molecule has 0 radical (unpaired) electrons. The van der Waals surface area contributed by atoms with Gasteiger partial charge in [-0.2, -0.15) is 4.31 Å². The lowest BCUT2D eigenvalue weighted by atomic mass is 10.1. The van der Waals surface area contributed by atoms with Crippen LogP contribution in [0.2, 0.25) is 0 Å².